The minimum Gasteiger partial charge on any atom is -0.388 e. The fourth-order valence-corrected chi connectivity index (χ4v) is 4.07. The van der Waals surface area contributed by atoms with Crippen LogP contribution >= 0.6 is 0 Å². The van der Waals surface area contributed by atoms with Crippen LogP contribution < -0.4 is 0 Å². The van der Waals surface area contributed by atoms with Crippen LogP contribution in [0.5, 0.6) is 0 Å². The average molecular weight is 449 g/mol. The summed E-state index contributed by atoms with van der Waals surface area (Å²) in [6.07, 6.45) is 8.92. The van der Waals surface area contributed by atoms with Crippen LogP contribution in [0.4, 0.5) is 0 Å². The van der Waals surface area contributed by atoms with Gasteiger partial charge in [0.1, 0.15) is 5.60 Å². The Balaban J connectivity index is 0.000000357. The number of rotatable bonds is 7. The quantitative estimate of drug-likeness (QED) is 0.541. The number of allylic oxidation sites excluding steroid dienone is 2. The maximum atomic E-state index is 12.1. The highest BCUT2D eigenvalue weighted by Crippen LogP contribution is 2.38. The van der Waals surface area contributed by atoms with E-state index in [1.807, 2.05) is 60.7 Å². The second kappa shape index (κ2) is 11.4. The van der Waals surface area contributed by atoms with E-state index >= 15 is 0 Å². The summed E-state index contributed by atoms with van der Waals surface area (Å²) >= 11 is 0. The lowest BCUT2D eigenvalue weighted by Crippen LogP contribution is -2.37. The monoisotopic (exact) mass is 448 g/mol. The van der Waals surface area contributed by atoms with Crippen LogP contribution in [-0.4, -0.2) is 33.5 Å². The molecule has 176 valence electrons. The van der Waals surface area contributed by atoms with Gasteiger partial charge in [-0.05, 0) is 45.1 Å². The van der Waals surface area contributed by atoms with Gasteiger partial charge in [-0.15, -0.1) is 0 Å². The zero-order chi connectivity index (χ0) is 24.6. The number of carbonyl (C=O) groups excluding carboxylic acids is 2. The van der Waals surface area contributed by atoms with Crippen molar-refractivity contribution in [1.29, 1.82) is 0 Å². The summed E-state index contributed by atoms with van der Waals surface area (Å²) < 4.78 is 0. The summed E-state index contributed by atoms with van der Waals surface area (Å²) in [6.45, 7) is 8.87. The Hall–Kier alpha value is -2.82. The van der Waals surface area contributed by atoms with Gasteiger partial charge in [0, 0.05) is 16.5 Å². The molecule has 2 aromatic rings. The molecule has 33 heavy (non-hydrogen) atoms. The van der Waals surface area contributed by atoms with Crippen molar-refractivity contribution in [1.82, 2.24) is 0 Å². The van der Waals surface area contributed by atoms with Crippen LogP contribution in [0.3, 0.4) is 0 Å². The molecule has 0 heterocycles. The first-order valence-electron chi connectivity index (χ1n) is 11.4. The number of benzene rings is 2. The molecular formula is C29H36O4. The number of aliphatic hydroxyl groups excluding tert-OH is 1. The second-order valence-electron chi connectivity index (χ2n) is 9.70. The number of carbonyl (C=O) groups is 2. The third-order valence-corrected chi connectivity index (χ3v) is 5.70. The Kier molecular flexibility index (Phi) is 9.09. The fraction of sp³-hybridized carbons (Fsp3) is 0.379. The van der Waals surface area contributed by atoms with Gasteiger partial charge < -0.3 is 10.2 Å². The zero-order valence-corrected chi connectivity index (χ0v) is 20.3. The molecule has 2 N–H and O–H groups in total. The van der Waals surface area contributed by atoms with Gasteiger partial charge in [-0.1, -0.05) is 92.7 Å². The minimum absolute atomic E-state index is 0.121. The minimum atomic E-state index is -1.37. The second-order valence-corrected chi connectivity index (χ2v) is 9.70. The van der Waals surface area contributed by atoms with Crippen molar-refractivity contribution in [2.24, 2.45) is 11.3 Å². The van der Waals surface area contributed by atoms with Gasteiger partial charge in [0.15, 0.2) is 11.6 Å². The summed E-state index contributed by atoms with van der Waals surface area (Å²) in [6, 6.07) is 16.6. The molecule has 4 nitrogen and oxygen atoms in total. The van der Waals surface area contributed by atoms with Crippen LogP contribution in [-0.2, 0) is 6.42 Å². The Morgan fingerprint density at radius 3 is 2.03 bits per heavy atom. The molecule has 2 atom stereocenters. The predicted octanol–water partition coefficient (Wildman–Crippen LogP) is 5.59. The number of hydrogen-bond acceptors (Lipinski definition) is 4. The molecule has 0 amide bonds. The zero-order valence-electron chi connectivity index (χ0n) is 20.3. The van der Waals surface area contributed by atoms with E-state index in [9.17, 15) is 19.8 Å². The highest BCUT2D eigenvalue weighted by atomic mass is 16.3. The first kappa shape index (κ1) is 26.4. The van der Waals surface area contributed by atoms with Gasteiger partial charge in [-0.2, -0.15) is 0 Å². The largest absolute Gasteiger partial charge is 0.388 e. The molecule has 0 fully saturated rings. The standard InChI is InChI=1S/C21H28O3.C8H8O/c1-15(2)13-21(12-6-5-7-18(21)22)14-16-8-10-17(11-9-16)19(23)20(3,4)24;1-7(9)8-5-3-2-4-6-8/h5-12,15,18,22,24H,13-14H2,1-4H3;2-6H,1H3. The van der Waals surface area contributed by atoms with E-state index in [-0.39, 0.29) is 17.0 Å². The third kappa shape index (κ3) is 7.62. The summed E-state index contributed by atoms with van der Waals surface area (Å²) in [5, 5.41) is 20.4. The number of aliphatic hydroxyl groups is 2. The summed E-state index contributed by atoms with van der Waals surface area (Å²) in [5.41, 5.74) is 0.668. The Morgan fingerprint density at radius 1 is 0.970 bits per heavy atom. The van der Waals surface area contributed by atoms with Gasteiger partial charge in [-0.25, -0.2) is 0 Å². The van der Waals surface area contributed by atoms with Crippen molar-refractivity contribution in [3.8, 4) is 0 Å². The van der Waals surface area contributed by atoms with Gasteiger partial charge in [0.25, 0.3) is 0 Å². The molecule has 2 aromatic carbocycles. The van der Waals surface area contributed by atoms with Crippen molar-refractivity contribution in [3.63, 3.8) is 0 Å². The molecule has 4 heteroatoms. The van der Waals surface area contributed by atoms with Gasteiger partial charge in [-0.3, -0.25) is 9.59 Å². The molecule has 0 aromatic heterocycles. The molecule has 0 radical (unpaired) electrons. The molecule has 0 aliphatic heterocycles. The summed E-state index contributed by atoms with van der Waals surface area (Å²) in [7, 11) is 0. The molecule has 3 rings (SSSR count). The first-order valence-corrected chi connectivity index (χ1v) is 11.4. The van der Waals surface area contributed by atoms with E-state index in [0.717, 1.165) is 17.5 Å². The lowest BCUT2D eigenvalue weighted by atomic mass is 9.69. The first-order chi connectivity index (χ1) is 15.4. The van der Waals surface area contributed by atoms with Gasteiger partial charge >= 0.3 is 0 Å². The molecule has 2 unspecified atom stereocenters. The number of ketones is 2. The van der Waals surface area contributed by atoms with Crippen LogP contribution in [0.15, 0.2) is 78.9 Å². The average Bonchev–Trinajstić information content (AvgIpc) is 2.76. The number of Topliss-reactive ketones (excluding diaryl/α,β-unsaturated/α-hetero) is 2. The summed E-state index contributed by atoms with van der Waals surface area (Å²) in [5.74, 6) is 0.300. The van der Waals surface area contributed by atoms with E-state index in [4.69, 9.17) is 0 Å². The predicted molar refractivity (Wildman–Crippen MR) is 133 cm³/mol. The van der Waals surface area contributed by atoms with Gasteiger partial charge in [0.05, 0.1) is 6.10 Å². The van der Waals surface area contributed by atoms with E-state index in [1.54, 1.807) is 19.1 Å². The van der Waals surface area contributed by atoms with Crippen molar-refractivity contribution >= 4 is 11.6 Å². The van der Waals surface area contributed by atoms with Crippen molar-refractivity contribution in [3.05, 3.63) is 95.6 Å². The van der Waals surface area contributed by atoms with Crippen LogP contribution in [0, 0.1) is 11.3 Å². The molecule has 0 saturated carbocycles. The SMILES string of the molecule is CC(=O)c1ccccc1.CC(C)CC1(Cc2ccc(C(=O)C(C)(C)O)cc2)C=CC=CC1O. The molecule has 1 aliphatic rings. The third-order valence-electron chi connectivity index (χ3n) is 5.70. The van der Waals surface area contributed by atoms with Crippen molar-refractivity contribution in [2.75, 3.05) is 0 Å². The molecule has 0 bridgehead atoms. The highest BCUT2D eigenvalue weighted by molar-refractivity contribution is 6.01. The Labute approximate surface area is 197 Å². The van der Waals surface area contributed by atoms with Crippen molar-refractivity contribution < 1.29 is 19.8 Å². The fourth-order valence-electron chi connectivity index (χ4n) is 4.07. The van der Waals surface area contributed by atoms with E-state index in [1.165, 1.54) is 13.8 Å². The topological polar surface area (TPSA) is 74.6 Å². The molecular weight excluding hydrogens is 412 g/mol. The Bertz CT molecular complexity index is 979. The summed E-state index contributed by atoms with van der Waals surface area (Å²) in [4.78, 5) is 22.8. The van der Waals surface area contributed by atoms with Gasteiger partial charge in [0.2, 0.25) is 0 Å². The maximum absolute atomic E-state index is 12.1. The molecule has 0 spiro atoms. The number of hydrogen-bond donors (Lipinski definition) is 2. The smallest absolute Gasteiger partial charge is 0.193 e. The van der Waals surface area contributed by atoms with Crippen LogP contribution in [0.1, 0.15) is 67.3 Å². The lowest BCUT2D eigenvalue weighted by Gasteiger charge is -2.37. The highest BCUT2D eigenvalue weighted by Gasteiger charge is 2.36. The van der Waals surface area contributed by atoms with Crippen LogP contribution in [0.25, 0.3) is 0 Å². The van der Waals surface area contributed by atoms with E-state index in [0.29, 0.717) is 17.9 Å². The van der Waals surface area contributed by atoms with Crippen LogP contribution in [0.2, 0.25) is 0 Å². The van der Waals surface area contributed by atoms with E-state index < -0.39 is 11.7 Å². The van der Waals surface area contributed by atoms with E-state index in [2.05, 4.69) is 19.9 Å². The maximum Gasteiger partial charge on any atom is 0.193 e. The molecule has 0 saturated heterocycles. The Morgan fingerprint density at radius 2 is 1.58 bits per heavy atom. The molecule has 1 aliphatic carbocycles. The lowest BCUT2D eigenvalue weighted by molar-refractivity contribution is 0.0488. The normalized spacial score (nSPS) is 19.7. The van der Waals surface area contributed by atoms with Crippen molar-refractivity contribution in [2.45, 2.75) is 59.2 Å².